The van der Waals surface area contributed by atoms with Crippen molar-refractivity contribution in [1.29, 1.82) is 0 Å². The molecule has 0 amide bonds. The van der Waals surface area contributed by atoms with E-state index in [1.165, 1.54) is 0 Å². The second kappa shape index (κ2) is 5.14. The molecule has 3 nitrogen and oxygen atoms in total. The van der Waals surface area contributed by atoms with Gasteiger partial charge in [-0.3, -0.25) is 0 Å². The predicted molar refractivity (Wildman–Crippen MR) is 61.0 cm³/mol. The summed E-state index contributed by atoms with van der Waals surface area (Å²) in [4.78, 5) is 0. The maximum Gasteiger partial charge on any atom is 0.119 e. The number of rotatable bonds is 5. The summed E-state index contributed by atoms with van der Waals surface area (Å²) in [7, 11) is 1.65. The Morgan fingerprint density at radius 3 is 2.73 bits per heavy atom. The lowest BCUT2D eigenvalue weighted by Gasteiger charge is -2.24. The third-order valence-corrected chi connectivity index (χ3v) is 2.25. The molecule has 15 heavy (non-hydrogen) atoms. The zero-order valence-electron chi connectivity index (χ0n) is 9.62. The number of hydrogen-bond donors (Lipinski definition) is 1. The van der Waals surface area contributed by atoms with E-state index in [4.69, 9.17) is 15.2 Å². The first-order valence-electron chi connectivity index (χ1n) is 5.11. The number of methoxy groups -OCH3 is 1. The molecule has 0 radical (unpaired) electrons. The summed E-state index contributed by atoms with van der Waals surface area (Å²) in [5.41, 5.74) is 6.69. The highest BCUT2D eigenvalue weighted by atomic mass is 16.5. The Balaban J connectivity index is 2.88. The molecule has 1 aromatic rings. The lowest BCUT2D eigenvalue weighted by Crippen LogP contribution is -2.37. The van der Waals surface area contributed by atoms with Gasteiger partial charge in [0.25, 0.3) is 0 Å². The van der Waals surface area contributed by atoms with Crippen LogP contribution >= 0.6 is 0 Å². The summed E-state index contributed by atoms with van der Waals surface area (Å²) < 4.78 is 10.5. The second-order valence-electron chi connectivity index (χ2n) is 3.81. The summed E-state index contributed by atoms with van der Waals surface area (Å²) in [6.45, 7) is 5.06. The number of hydrogen-bond acceptors (Lipinski definition) is 3. The predicted octanol–water partition coefficient (Wildman–Crippen LogP) is 1.91. The Bertz CT molecular complexity index is 310. The Kier molecular flexibility index (Phi) is 4.12. The molecule has 0 saturated carbocycles. The summed E-state index contributed by atoms with van der Waals surface area (Å²) >= 11 is 0. The molecule has 1 unspecified atom stereocenters. The van der Waals surface area contributed by atoms with E-state index in [1.54, 1.807) is 7.11 Å². The minimum Gasteiger partial charge on any atom is -0.494 e. The van der Waals surface area contributed by atoms with Gasteiger partial charge in [-0.1, -0.05) is 12.1 Å². The highest BCUT2D eigenvalue weighted by Crippen LogP contribution is 2.22. The fraction of sp³-hybridized carbons (Fsp3) is 0.500. The lowest BCUT2D eigenvalue weighted by atomic mass is 9.94. The Morgan fingerprint density at radius 2 is 2.13 bits per heavy atom. The van der Waals surface area contributed by atoms with Crippen molar-refractivity contribution < 1.29 is 9.47 Å². The number of ether oxygens (including phenoxy) is 2. The monoisotopic (exact) mass is 209 g/mol. The van der Waals surface area contributed by atoms with Crippen molar-refractivity contribution in [3.63, 3.8) is 0 Å². The van der Waals surface area contributed by atoms with Crippen LogP contribution in [0, 0.1) is 0 Å². The van der Waals surface area contributed by atoms with Crippen LogP contribution in [0.1, 0.15) is 19.4 Å². The molecule has 1 atom stereocenters. The first kappa shape index (κ1) is 12.0. The fourth-order valence-corrected chi connectivity index (χ4v) is 1.49. The van der Waals surface area contributed by atoms with Crippen molar-refractivity contribution >= 4 is 0 Å². The highest BCUT2D eigenvalue weighted by Gasteiger charge is 2.21. The van der Waals surface area contributed by atoms with Crippen LogP contribution in [0.5, 0.6) is 5.75 Å². The highest BCUT2D eigenvalue weighted by molar-refractivity contribution is 5.32. The number of nitrogens with two attached hydrogens (primary N) is 1. The number of benzene rings is 1. The van der Waals surface area contributed by atoms with Crippen LogP contribution in [-0.4, -0.2) is 20.3 Å². The van der Waals surface area contributed by atoms with Gasteiger partial charge >= 0.3 is 0 Å². The molecule has 1 aromatic carbocycles. The average molecular weight is 209 g/mol. The summed E-state index contributed by atoms with van der Waals surface area (Å²) in [6.07, 6.45) is 0. The smallest absolute Gasteiger partial charge is 0.119 e. The third-order valence-electron chi connectivity index (χ3n) is 2.25. The van der Waals surface area contributed by atoms with E-state index >= 15 is 0 Å². The molecule has 0 aromatic heterocycles. The maximum atomic E-state index is 6.13. The van der Waals surface area contributed by atoms with E-state index in [0.717, 1.165) is 11.3 Å². The van der Waals surface area contributed by atoms with Crippen molar-refractivity contribution in [2.24, 2.45) is 5.73 Å². The largest absolute Gasteiger partial charge is 0.494 e. The normalized spacial score (nSPS) is 14.7. The van der Waals surface area contributed by atoms with Gasteiger partial charge in [0, 0.05) is 7.11 Å². The van der Waals surface area contributed by atoms with Crippen molar-refractivity contribution in [2.45, 2.75) is 19.4 Å². The van der Waals surface area contributed by atoms with E-state index in [2.05, 4.69) is 0 Å². The molecule has 0 bridgehead atoms. The van der Waals surface area contributed by atoms with Crippen LogP contribution in [0.2, 0.25) is 0 Å². The molecule has 2 N–H and O–H groups in total. The van der Waals surface area contributed by atoms with E-state index in [0.29, 0.717) is 13.2 Å². The minimum atomic E-state index is -0.470. The quantitative estimate of drug-likeness (QED) is 0.805. The van der Waals surface area contributed by atoms with Crippen LogP contribution in [0.4, 0.5) is 0 Å². The summed E-state index contributed by atoms with van der Waals surface area (Å²) in [5.74, 6) is 0.850. The van der Waals surface area contributed by atoms with E-state index in [-0.39, 0.29) is 0 Å². The van der Waals surface area contributed by atoms with Gasteiger partial charge in [-0.25, -0.2) is 0 Å². The molecule has 0 heterocycles. The zero-order valence-corrected chi connectivity index (χ0v) is 9.62. The molecule has 0 spiro atoms. The Labute approximate surface area is 91.2 Å². The third kappa shape index (κ3) is 3.22. The maximum absolute atomic E-state index is 6.13. The van der Waals surface area contributed by atoms with Crippen molar-refractivity contribution in [3.05, 3.63) is 29.8 Å². The molecule has 0 fully saturated rings. The summed E-state index contributed by atoms with van der Waals surface area (Å²) in [5, 5.41) is 0. The van der Waals surface area contributed by atoms with Crippen LogP contribution in [0.3, 0.4) is 0 Å². The fourth-order valence-electron chi connectivity index (χ4n) is 1.49. The van der Waals surface area contributed by atoms with E-state index < -0.39 is 5.54 Å². The van der Waals surface area contributed by atoms with Gasteiger partial charge in [0.15, 0.2) is 0 Å². The first-order chi connectivity index (χ1) is 7.10. The van der Waals surface area contributed by atoms with Crippen molar-refractivity contribution in [1.82, 2.24) is 0 Å². The van der Waals surface area contributed by atoms with Gasteiger partial charge in [-0.15, -0.1) is 0 Å². The topological polar surface area (TPSA) is 44.5 Å². The van der Waals surface area contributed by atoms with E-state index in [9.17, 15) is 0 Å². The van der Waals surface area contributed by atoms with Crippen molar-refractivity contribution in [2.75, 3.05) is 20.3 Å². The first-order valence-corrected chi connectivity index (χ1v) is 5.11. The molecule has 0 aliphatic heterocycles. The zero-order chi connectivity index (χ0) is 11.3. The van der Waals surface area contributed by atoms with Crippen LogP contribution < -0.4 is 10.5 Å². The molecule has 3 heteroatoms. The van der Waals surface area contributed by atoms with Crippen LogP contribution in [-0.2, 0) is 10.3 Å². The second-order valence-corrected chi connectivity index (χ2v) is 3.81. The summed E-state index contributed by atoms with van der Waals surface area (Å²) in [6, 6.07) is 7.82. The molecule has 0 aliphatic carbocycles. The average Bonchev–Trinajstić information content (AvgIpc) is 2.19. The molecule has 0 aliphatic rings. The lowest BCUT2D eigenvalue weighted by molar-refractivity contribution is 0.141. The Morgan fingerprint density at radius 1 is 1.40 bits per heavy atom. The van der Waals surface area contributed by atoms with Gasteiger partial charge < -0.3 is 15.2 Å². The molecular weight excluding hydrogens is 190 g/mol. The standard InChI is InChI=1S/C12H19NO2/c1-4-15-11-7-5-6-10(8-11)12(2,13)9-14-3/h5-8H,4,9,13H2,1-3H3. The van der Waals surface area contributed by atoms with Gasteiger partial charge in [0.2, 0.25) is 0 Å². The minimum absolute atomic E-state index is 0.470. The van der Waals surface area contributed by atoms with Gasteiger partial charge in [0.05, 0.1) is 18.8 Å². The van der Waals surface area contributed by atoms with Crippen molar-refractivity contribution in [3.8, 4) is 5.75 Å². The molecule has 84 valence electrons. The van der Waals surface area contributed by atoms with E-state index in [1.807, 2.05) is 38.1 Å². The van der Waals surface area contributed by atoms with Gasteiger partial charge in [-0.05, 0) is 31.5 Å². The SMILES string of the molecule is CCOc1cccc(C(C)(N)COC)c1. The van der Waals surface area contributed by atoms with Gasteiger partial charge in [-0.2, -0.15) is 0 Å². The van der Waals surface area contributed by atoms with Gasteiger partial charge in [0.1, 0.15) is 5.75 Å². The Hall–Kier alpha value is -1.06. The molecular formula is C12H19NO2. The van der Waals surface area contributed by atoms with Crippen LogP contribution in [0.25, 0.3) is 0 Å². The molecule has 1 rings (SSSR count). The van der Waals surface area contributed by atoms with Crippen LogP contribution in [0.15, 0.2) is 24.3 Å². The molecule has 0 saturated heterocycles.